The second-order valence-corrected chi connectivity index (χ2v) is 20.5. The summed E-state index contributed by atoms with van der Waals surface area (Å²) in [5.41, 5.74) is 1.37. The summed E-state index contributed by atoms with van der Waals surface area (Å²) >= 11 is 0. The van der Waals surface area contributed by atoms with E-state index in [-0.39, 0.29) is 49.2 Å². The molecule has 5 atom stereocenters. The van der Waals surface area contributed by atoms with Crippen LogP contribution in [-0.4, -0.2) is 80.4 Å². The highest BCUT2D eigenvalue weighted by atomic mass is 28.4. The summed E-state index contributed by atoms with van der Waals surface area (Å²) in [6, 6.07) is 13.2. The smallest absolute Gasteiger partial charge is 0.264 e. The lowest BCUT2D eigenvalue weighted by Gasteiger charge is -2.32. The van der Waals surface area contributed by atoms with E-state index in [4.69, 9.17) is 4.74 Å². The van der Waals surface area contributed by atoms with E-state index >= 15 is 8.90 Å². The van der Waals surface area contributed by atoms with E-state index in [1.165, 1.54) is 0 Å². The molecule has 4 amide bonds. The topological polar surface area (TPSA) is 111 Å². The summed E-state index contributed by atoms with van der Waals surface area (Å²) < 4.78 is 23.6. The van der Waals surface area contributed by atoms with Gasteiger partial charge in [-0.2, -0.15) is 0 Å². The number of carbonyl (C=O) groups excluding carboxylic acids is 4. The average molecular weight is 761 g/mol. The maximum Gasteiger partial charge on any atom is 0.264 e. The van der Waals surface area contributed by atoms with Crippen LogP contribution in [0, 0.1) is 5.92 Å². The van der Waals surface area contributed by atoms with Crippen LogP contribution in [0.5, 0.6) is 0 Å². The molecular weight excluding hydrogens is 704 g/mol. The second-order valence-electron chi connectivity index (χ2n) is 16.7. The lowest BCUT2D eigenvalue weighted by atomic mass is 9.82. The van der Waals surface area contributed by atoms with Gasteiger partial charge in [0.2, 0.25) is 26.1 Å². The minimum Gasteiger partial charge on any atom is -0.394 e. The third kappa shape index (κ3) is 7.25. The number of amides is 4. The van der Waals surface area contributed by atoms with Crippen molar-refractivity contribution < 1.29 is 33.1 Å². The molecule has 54 heavy (non-hydrogen) atoms. The van der Waals surface area contributed by atoms with Crippen LogP contribution in [0.1, 0.15) is 102 Å². The molecule has 0 aromatic heterocycles. The minimum absolute atomic E-state index is 0.0449. The van der Waals surface area contributed by atoms with Crippen LogP contribution in [0.15, 0.2) is 42.5 Å². The largest absolute Gasteiger partial charge is 0.394 e. The van der Waals surface area contributed by atoms with E-state index in [1.54, 1.807) is 22.9 Å². The highest BCUT2D eigenvalue weighted by Crippen LogP contribution is 2.61. The molecule has 5 heterocycles. The Balaban J connectivity index is 1.28. The number of fused-ring (bicyclic) bond motifs is 2. The molecule has 0 bridgehead atoms. The van der Waals surface area contributed by atoms with Gasteiger partial charge in [0.25, 0.3) is 5.91 Å². The number of aliphatic hydroxyl groups excluding tert-OH is 1. The van der Waals surface area contributed by atoms with Crippen LogP contribution in [-0.2, 0) is 36.1 Å². The van der Waals surface area contributed by atoms with Crippen LogP contribution >= 0.6 is 0 Å². The van der Waals surface area contributed by atoms with Gasteiger partial charge < -0.3 is 33.6 Å². The monoisotopic (exact) mass is 760 g/mol. The number of aliphatic hydroxyl groups is 1. The first kappa shape index (κ1) is 38.7. The minimum atomic E-state index is -3.55. The number of rotatable bonds is 8. The van der Waals surface area contributed by atoms with Gasteiger partial charge in [0, 0.05) is 60.9 Å². The van der Waals surface area contributed by atoms with Crippen molar-refractivity contribution in [3.63, 3.8) is 0 Å². The first-order valence-electron chi connectivity index (χ1n) is 20.4. The number of nitrogens with zero attached hydrogens (tertiary/aromatic N) is 4. The van der Waals surface area contributed by atoms with Gasteiger partial charge in [0.05, 0.1) is 37.4 Å². The molecule has 4 saturated heterocycles. The molecule has 5 aliphatic rings. The molecule has 12 heteroatoms. The quantitative estimate of drug-likeness (QED) is 0.230. The Morgan fingerprint density at radius 3 is 2.17 bits per heavy atom. The molecule has 0 saturated carbocycles. The molecule has 2 aromatic rings. The van der Waals surface area contributed by atoms with E-state index in [9.17, 15) is 19.5 Å². The van der Waals surface area contributed by atoms with Crippen molar-refractivity contribution >= 4 is 49.1 Å². The van der Waals surface area contributed by atoms with E-state index in [0.717, 1.165) is 69.0 Å². The number of carbonyl (C=O) groups is 4. The molecule has 0 radical (unpaired) electrons. The van der Waals surface area contributed by atoms with Crippen molar-refractivity contribution in [2.45, 2.75) is 133 Å². The van der Waals surface area contributed by atoms with Crippen LogP contribution in [0.4, 0.5) is 21.2 Å². The fraction of sp³-hybridized carbons (Fsp3) is 0.619. The Morgan fingerprint density at radius 2 is 1.52 bits per heavy atom. The van der Waals surface area contributed by atoms with E-state index < -0.39 is 31.6 Å². The van der Waals surface area contributed by atoms with E-state index in [1.807, 2.05) is 59.2 Å². The third-order valence-electron chi connectivity index (χ3n) is 12.7. The first-order chi connectivity index (χ1) is 25.9. The molecular formula is C42H57FN4O6Si. The van der Waals surface area contributed by atoms with Crippen LogP contribution in [0.3, 0.4) is 0 Å². The van der Waals surface area contributed by atoms with Crippen molar-refractivity contribution in [1.82, 2.24) is 4.90 Å². The first-order valence-corrected chi connectivity index (χ1v) is 23.3. The molecule has 10 nitrogen and oxygen atoms in total. The average Bonchev–Trinajstić information content (AvgIpc) is 3.79. The van der Waals surface area contributed by atoms with E-state index in [0.29, 0.717) is 55.8 Å². The van der Waals surface area contributed by atoms with Crippen molar-refractivity contribution in [2.75, 3.05) is 40.9 Å². The van der Waals surface area contributed by atoms with Gasteiger partial charge in [-0.3, -0.25) is 19.2 Å². The lowest BCUT2D eigenvalue weighted by Crippen LogP contribution is -2.45. The van der Waals surface area contributed by atoms with Gasteiger partial charge >= 0.3 is 0 Å². The Morgan fingerprint density at radius 1 is 0.870 bits per heavy atom. The molecule has 2 aromatic carbocycles. The fourth-order valence-electron chi connectivity index (χ4n) is 10.1. The van der Waals surface area contributed by atoms with Crippen LogP contribution in [0.2, 0.25) is 18.6 Å². The highest BCUT2D eigenvalue weighted by Gasteiger charge is 2.67. The number of benzene rings is 2. The van der Waals surface area contributed by atoms with Crippen LogP contribution < -0.4 is 14.7 Å². The number of hydrogen-bond acceptors (Lipinski definition) is 6. The number of ether oxygens (including phenoxy) is 1. The van der Waals surface area contributed by atoms with Gasteiger partial charge in [-0.15, -0.1) is 0 Å². The number of anilines is 3. The third-order valence-corrected chi connectivity index (χ3v) is 15.2. The molecule has 1 spiro atoms. The summed E-state index contributed by atoms with van der Waals surface area (Å²) in [5, 5.41) is 9.97. The van der Waals surface area contributed by atoms with Gasteiger partial charge in [0.15, 0.2) is 5.60 Å². The summed E-state index contributed by atoms with van der Waals surface area (Å²) in [6.45, 7) is 6.99. The number of halogens is 1. The van der Waals surface area contributed by atoms with Gasteiger partial charge in [-0.1, -0.05) is 44.7 Å². The normalized spacial score (nSPS) is 28.4. The molecule has 292 valence electrons. The summed E-state index contributed by atoms with van der Waals surface area (Å²) in [6.07, 6.45) is 9.29. The Bertz CT molecular complexity index is 1750. The zero-order valence-electron chi connectivity index (χ0n) is 32.2. The maximum absolute atomic E-state index is 16.6. The van der Waals surface area contributed by atoms with Gasteiger partial charge in [-0.05, 0) is 87.5 Å². The number of hydrogen-bond donors (Lipinski definition) is 1. The SMILES string of the molecule is C[C@H]1[C@H]([Si](C)(C)F)[C@@H](CC(=O)N2CCC[C@H]2CO)O[C@]12C(=O)N(Cc1cccc(N3CCCCCCC3=O)c1)c1ccc(N3CCCCCCC3=O)cc12. The van der Waals surface area contributed by atoms with Crippen molar-refractivity contribution in [3.8, 4) is 0 Å². The lowest BCUT2D eigenvalue weighted by molar-refractivity contribution is -0.150. The second kappa shape index (κ2) is 15.9. The van der Waals surface area contributed by atoms with Crippen LogP contribution in [0.25, 0.3) is 0 Å². The van der Waals surface area contributed by atoms with Crippen molar-refractivity contribution in [1.29, 1.82) is 0 Å². The van der Waals surface area contributed by atoms with Crippen molar-refractivity contribution in [2.24, 2.45) is 5.92 Å². The summed E-state index contributed by atoms with van der Waals surface area (Å²) in [7, 11) is -3.55. The Kier molecular flexibility index (Phi) is 11.4. The zero-order chi connectivity index (χ0) is 38.2. The Labute approximate surface area is 320 Å². The zero-order valence-corrected chi connectivity index (χ0v) is 33.2. The molecule has 5 aliphatic heterocycles. The number of likely N-dealkylation sites (tertiary alicyclic amines) is 1. The van der Waals surface area contributed by atoms with Crippen molar-refractivity contribution in [3.05, 3.63) is 53.6 Å². The molecule has 4 fully saturated rings. The van der Waals surface area contributed by atoms with Gasteiger partial charge in [0.1, 0.15) is 0 Å². The summed E-state index contributed by atoms with van der Waals surface area (Å²) in [4.78, 5) is 62.8. The van der Waals surface area contributed by atoms with Gasteiger partial charge in [-0.25, -0.2) is 0 Å². The standard InChI is InChI=1S/C42H57FN4O6Si/c1-29-40(54(2,3)43)36(26-39(51)46-23-13-16-33(46)28-48)53-42(29)34-25-32(45-22-11-7-5-9-18-38(45)50)19-20-35(34)47(41(42)52)27-30-14-12-15-31(24-30)44-21-10-6-4-8-17-37(44)49/h12,14-15,19-20,24-25,29,33,36,40,48H,4-11,13,16-18,21-23,26-28H2,1-3H3/t29-,33-,36+,40-,42+/m0/s1. The Hall–Kier alpha value is -3.61. The highest BCUT2D eigenvalue weighted by molar-refractivity contribution is 6.72. The fourth-order valence-corrected chi connectivity index (χ4v) is 12.6. The van der Waals surface area contributed by atoms with E-state index in [2.05, 4.69) is 0 Å². The maximum atomic E-state index is 16.6. The predicted octanol–water partition coefficient (Wildman–Crippen LogP) is 6.98. The molecule has 7 rings (SSSR count). The molecule has 1 N–H and O–H groups in total. The molecule has 0 unspecified atom stereocenters. The summed E-state index contributed by atoms with van der Waals surface area (Å²) in [5.74, 6) is -0.947. The predicted molar refractivity (Wildman–Crippen MR) is 209 cm³/mol. The molecule has 0 aliphatic carbocycles.